The topological polar surface area (TPSA) is 88.1 Å². The van der Waals surface area contributed by atoms with Crippen molar-refractivity contribution in [3.63, 3.8) is 0 Å². The molecule has 1 fully saturated rings. The van der Waals surface area contributed by atoms with Gasteiger partial charge in [-0.3, -0.25) is 4.68 Å². The van der Waals surface area contributed by atoms with Crippen LogP contribution in [0.4, 0.5) is 0 Å². The number of nitrogens with zero attached hydrogens (tertiary/aromatic N) is 3. The van der Waals surface area contributed by atoms with E-state index in [2.05, 4.69) is 27.1 Å². The summed E-state index contributed by atoms with van der Waals surface area (Å²) < 4.78 is 7.74. The van der Waals surface area contributed by atoms with Gasteiger partial charge < -0.3 is 9.84 Å². The number of carbonyl (C=O) groups is 1. The monoisotopic (exact) mass is 417 g/mol. The molecule has 0 atom stereocenters. The minimum atomic E-state index is -0.536. The molecule has 0 unspecified atom stereocenters. The number of aromatic nitrogens is 2. The van der Waals surface area contributed by atoms with Gasteiger partial charge in [0.25, 0.3) is 0 Å². The van der Waals surface area contributed by atoms with Crippen molar-refractivity contribution in [3.05, 3.63) is 40.0 Å². The van der Waals surface area contributed by atoms with Gasteiger partial charge in [-0.05, 0) is 44.7 Å². The molecule has 0 spiro atoms. The highest BCUT2D eigenvalue weighted by Crippen LogP contribution is 2.34. The lowest BCUT2D eigenvalue weighted by molar-refractivity contribution is 0.0501. The second-order valence-electron chi connectivity index (χ2n) is 6.32. The Morgan fingerprint density at radius 1 is 1.35 bits per heavy atom. The first kappa shape index (κ1) is 18.6. The molecule has 0 bridgehead atoms. The van der Waals surface area contributed by atoms with Crippen LogP contribution in [0.15, 0.2) is 28.7 Å². The number of esters is 1. The van der Waals surface area contributed by atoms with Crippen LogP contribution in [-0.4, -0.2) is 33.6 Å². The van der Waals surface area contributed by atoms with Crippen molar-refractivity contribution in [2.24, 2.45) is 0 Å². The average molecular weight is 418 g/mol. The molecule has 2 aromatic rings. The van der Waals surface area contributed by atoms with Crippen molar-refractivity contribution in [3.8, 4) is 17.3 Å². The highest BCUT2D eigenvalue weighted by Gasteiger charge is 2.31. The highest BCUT2D eigenvalue weighted by atomic mass is 79.9. The number of hydrogen-bond acceptors (Lipinski definition) is 5. The van der Waals surface area contributed by atoms with Gasteiger partial charge in [-0.2, -0.15) is 10.4 Å². The summed E-state index contributed by atoms with van der Waals surface area (Å²) in [5.74, 6) is -0.536. The molecule has 0 amide bonds. The number of aliphatic hydroxyl groups excluding tert-OH is 1. The molecule has 0 saturated heterocycles. The van der Waals surface area contributed by atoms with Crippen LogP contribution in [0.3, 0.4) is 0 Å². The molecule has 1 aromatic heterocycles. The third kappa shape index (κ3) is 3.67. The van der Waals surface area contributed by atoms with E-state index in [1.807, 2.05) is 24.3 Å². The Balaban J connectivity index is 2.11. The lowest BCUT2D eigenvalue weighted by atomic mass is 9.93. The summed E-state index contributed by atoms with van der Waals surface area (Å²) in [4.78, 5) is 12.6. The third-order valence-corrected chi connectivity index (χ3v) is 5.15. The van der Waals surface area contributed by atoms with Gasteiger partial charge >= 0.3 is 5.97 Å². The lowest BCUT2D eigenvalue weighted by Gasteiger charge is -2.26. The van der Waals surface area contributed by atoms with Gasteiger partial charge in [0.1, 0.15) is 17.3 Å². The first-order valence-electron chi connectivity index (χ1n) is 8.68. The maximum Gasteiger partial charge on any atom is 0.358 e. The number of ether oxygens (including phenoxy) is 1. The average Bonchev–Trinajstić information content (AvgIpc) is 3.03. The minimum Gasteiger partial charge on any atom is -0.461 e. The van der Waals surface area contributed by atoms with Crippen LogP contribution < -0.4 is 0 Å². The van der Waals surface area contributed by atoms with Gasteiger partial charge in [0.2, 0.25) is 0 Å². The number of benzene rings is 1. The van der Waals surface area contributed by atoms with E-state index in [1.54, 1.807) is 11.6 Å². The fourth-order valence-corrected chi connectivity index (χ4v) is 3.58. The molecule has 0 aliphatic heterocycles. The molecule has 1 aliphatic carbocycles. The zero-order valence-electron chi connectivity index (χ0n) is 14.5. The van der Waals surface area contributed by atoms with E-state index in [9.17, 15) is 15.2 Å². The first-order valence-corrected chi connectivity index (χ1v) is 9.48. The van der Waals surface area contributed by atoms with E-state index in [4.69, 9.17) is 4.74 Å². The van der Waals surface area contributed by atoms with Gasteiger partial charge in [0.05, 0.1) is 18.8 Å². The third-order valence-electron chi connectivity index (χ3n) is 4.62. The van der Waals surface area contributed by atoms with Crippen LogP contribution in [0, 0.1) is 11.3 Å². The van der Waals surface area contributed by atoms with Gasteiger partial charge in [-0.25, -0.2) is 4.79 Å². The van der Waals surface area contributed by atoms with E-state index in [-0.39, 0.29) is 30.0 Å². The quantitative estimate of drug-likeness (QED) is 0.763. The molecule has 1 N–H and O–H groups in total. The maximum atomic E-state index is 12.6. The molecule has 7 heteroatoms. The second-order valence-corrected chi connectivity index (χ2v) is 7.23. The standard InChI is InChI=1S/C19H20BrN3O3/c1-2-26-19(25)18-16(11-21)17(12-3-5-13(20)6-4-12)22-23(18)14-7-9-15(24)10-8-14/h3-6,14-15,24H,2,7-10H2,1H3. The molecule has 3 rings (SSSR count). The predicted molar refractivity (Wildman–Crippen MR) is 99.5 cm³/mol. The predicted octanol–water partition coefficient (Wildman–Crippen LogP) is 3.84. The van der Waals surface area contributed by atoms with Crippen molar-refractivity contribution in [1.82, 2.24) is 9.78 Å². The molecule has 1 aromatic carbocycles. The van der Waals surface area contributed by atoms with Crippen molar-refractivity contribution >= 4 is 21.9 Å². The van der Waals surface area contributed by atoms with Crippen molar-refractivity contribution in [1.29, 1.82) is 5.26 Å². The van der Waals surface area contributed by atoms with Gasteiger partial charge in [-0.15, -0.1) is 0 Å². The normalized spacial score (nSPS) is 19.8. The Morgan fingerprint density at radius 2 is 2.00 bits per heavy atom. The summed E-state index contributed by atoms with van der Waals surface area (Å²) in [6.07, 6.45) is 2.42. The Kier molecular flexibility index (Phi) is 5.74. The molecule has 1 aliphatic rings. The van der Waals surface area contributed by atoms with Crippen LogP contribution in [0.1, 0.15) is 54.7 Å². The van der Waals surface area contributed by atoms with Gasteiger partial charge in [0.15, 0.2) is 5.69 Å². The SMILES string of the molecule is CCOC(=O)c1c(C#N)c(-c2ccc(Br)cc2)nn1C1CCC(O)CC1. The molecule has 136 valence electrons. The van der Waals surface area contributed by atoms with E-state index in [0.717, 1.165) is 10.0 Å². The Bertz CT molecular complexity index is 831. The van der Waals surface area contributed by atoms with Gasteiger partial charge in [-0.1, -0.05) is 28.1 Å². The lowest BCUT2D eigenvalue weighted by Crippen LogP contribution is -2.25. The number of halogens is 1. The van der Waals surface area contributed by atoms with Crippen LogP contribution in [0.2, 0.25) is 0 Å². The number of rotatable bonds is 4. The Labute approximate surface area is 160 Å². The van der Waals surface area contributed by atoms with Crippen molar-refractivity contribution in [2.75, 3.05) is 6.61 Å². The van der Waals surface area contributed by atoms with Crippen molar-refractivity contribution in [2.45, 2.75) is 44.8 Å². The van der Waals surface area contributed by atoms with Crippen LogP contribution in [0.25, 0.3) is 11.3 Å². The Hall–Kier alpha value is -2.17. The summed E-state index contributed by atoms with van der Waals surface area (Å²) in [7, 11) is 0. The summed E-state index contributed by atoms with van der Waals surface area (Å²) in [6, 6.07) is 9.57. The number of hydrogen-bond donors (Lipinski definition) is 1. The number of nitriles is 1. The first-order chi connectivity index (χ1) is 12.5. The molecule has 26 heavy (non-hydrogen) atoms. The minimum absolute atomic E-state index is 0.0332. The molecule has 1 heterocycles. The fraction of sp³-hybridized carbons (Fsp3) is 0.421. The maximum absolute atomic E-state index is 12.6. The van der Waals surface area contributed by atoms with Crippen LogP contribution >= 0.6 is 15.9 Å². The van der Waals surface area contributed by atoms with E-state index in [1.165, 1.54) is 0 Å². The summed E-state index contributed by atoms with van der Waals surface area (Å²) >= 11 is 3.40. The Morgan fingerprint density at radius 3 is 2.58 bits per heavy atom. The van der Waals surface area contributed by atoms with Gasteiger partial charge in [0, 0.05) is 10.0 Å². The zero-order valence-corrected chi connectivity index (χ0v) is 16.1. The number of carbonyl (C=O) groups excluding carboxylic acids is 1. The van der Waals surface area contributed by atoms with Crippen molar-refractivity contribution < 1.29 is 14.6 Å². The second kappa shape index (κ2) is 8.02. The zero-order chi connectivity index (χ0) is 18.7. The molecular formula is C19H20BrN3O3. The summed E-state index contributed by atoms with van der Waals surface area (Å²) in [6.45, 7) is 1.96. The molecular weight excluding hydrogens is 398 g/mol. The summed E-state index contributed by atoms with van der Waals surface area (Å²) in [5.41, 5.74) is 1.68. The fourth-order valence-electron chi connectivity index (χ4n) is 3.31. The number of aliphatic hydroxyl groups is 1. The molecule has 1 saturated carbocycles. The highest BCUT2D eigenvalue weighted by molar-refractivity contribution is 9.10. The van der Waals surface area contributed by atoms with E-state index < -0.39 is 5.97 Å². The van der Waals surface area contributed by atoms with E-state index >= 15 is 0 Å². The largest absolute Gasteiger partial charge is 0.461 e. The van der Waals surface area contributed by atoms with E-state index in [0.29, 0.717) is 31.4 Å². The smallest absolute Gasteiger partial charge is 0.358 e. The van der Waals surface area contributed by atoms with Crippen LogP contribution in [-0.2, 0) is 4.74 Å². The van der Waals surface area contributed by atoms with Crippen LogP contribution in [0.5, 0.6) is 0 Å². The summed E-state index contributed by atoms with van der Waals surface area (Å²) in [5, 5.41) is 24.1. The molecule has 0 radical (unpaired) electrons. The molecule has 6 nitrogen and oxygen atoms in total.